The van der Waals surface area contributed by atoms with Gasteiger partial charge in [0.1, 0.15) is 6.10 Å². The van der Waals surface area contributed by atoms with Crippen LogP contribution in [0.5, 0.6) is 0 Å². The highest BCUT2D eigenvalue weighted by Crippen LogP contribution is 2.68. The van der Waals surface area contributed by atoms with E-state index in [1.54, 1.807) is 19.9 Å². The fourth-order valence-electron chi connectivity index (χ4n) is 9.39. The van der Waals surface area contributed by atoms with Crippen molar-refractivity contribution >= 4 is 11.8 Å². The van der Waals surface area contributed by atoms with Gasteiger partial charge in [0.05, 0.1) is 35.4 Å². The minimum Gasteiger partial charge on any atom is -0.462 e. The van der Waals surface area contributed by atoms with E-state index in [0.29, 0.717) is 37.7 Å². The number of esters is 1. The predicted octanol–water partition coefficient (Wildman–Crippen LogP) is 1.89. The van der Waals surface area contributed by atoms with Gasteiger partial charge in [-0.25, -0.2) is 0 Å². The number of hydrogen-bond donors (Lipinski definition) is 5. The number of aliphatic hydroxyl groups excluding tert-OH is 3. The topological polar surface area (TPSA) is 145 Å². The first kappa shape index (κ1) is 27.3. The molecule has 3 saturated carbocycles. The number of ether oxygens (including phenoxy) is 1. The molecule has 0 aromatic carbocycles. The molecule has 4 aliphatic carbocycles. The molecule has 5 aliphatic rings. The highest BCUT2D eigenvalue weighted by atomic mass is 16.6. The largest absolute Gasteiger partial charge is 0.462 e. The Hall–Kier alpha value is -1.32. The van der Waals surface area contributed by atoms with Crippen LogP contribution in [0.3, 0.4) is 0 Å². The van der Waals surface area contributed by atoms with Crippen LogP contribution in [0.25, 0.3) is 0 Å². The van der Waals surface area contributed by atoms with Crippen LogP contribution in [0.15, 0.2) is 11.6 Å². The van der Waals surface area contributed by atoms with Crippen LogP contribution >= 0.6 is 0 Å². The zero-order valence-electron chi connectivity index (χ0n) is 22.7. The lowest BCUT2D eigenvalue weighted by Gasteiger charge is -2.60. The molecule has 0 radical (unpaired) electrons. The summed E-state index contributed by atoms with van der Waals surface area (Å²) in [7, 11) is 0. The zero-order chi connectivity index (χ0) is 27.3. The van der Waals surface area contributed by atoms with Gasteiger partial charge in [0, 0.05) is 17.3 Å². The lowest BCUT2D eigenvalue weighted by Crippen LogP contribution is -2.63. The number of ketones is 1. The molecule has 0 aromatic rings. The van der Waals surface area contributed by atoms with E-state index in [0.717, 1.165) is 0 Å². The first-order valence-electron chi connectivity index (χ1n) is 14.0. The van der Waals surface area contributed by atoms with Crippen molar-refractivity contribution in [3.8, 4) is 0 Å². The Kier molecular flexibility index (Phi) is 6.33. The summed E-state index contributed by atoms with van der Waals surface area (Å²) in [4.78, 5) is 25.4. The molecule has 5 rings (SSSR count). The van der Waals surface area contributed by atoms with Gasteiger partial charge in [-0.1, -0.05) is 20.8 Å². The summed E-state index contributed by atoms with van der Waals surface area (Å²) in [6, 6.07) is 0. The second kappa shape index (κ2) is 8.59. The number of carbonyl (C=O) groups is 2. The molecule has 5 N–H and O–H groups in total. The molecule has 37 heavy (non-hydrogen) atoms. The Bertz CT molecular complexity index is 1010. The highest BCUT2D eigenvalue weighted by Gasteiger charge is 2.69. The molecule has 0 bridgehead atoms. The number of carbonyl (C=O) groups excluding carboxylic acids is 2. The highest BCUT2D eigenvalue weighted by molar-refractivity contribution is 5.95. The van der Waals surface area contributed by atoms with Gasteiger partial charge in [-0.15, -0.1) is 0 Å². The summed E-state index contributed by atoms with van der Waals surface area (Å²) >= 11 is 0. The van der Waals surface area contributed by atoms with Crippen LogP contribution in [0.1, 0.15) is 79.6 Å². The summed E-state index contributed by atoms with van der Waals surface area (Å²) in [5, 5.41) is 56.2. The number of cyclic esters (lactones) is 1. The average molecular weight is 521 g/mol. The minimum absolute atomic E-state index is 0.104. The van der Waals surface area contributed by atoms with E-state index < -0.39 is 52.2 Å². The Balaban J connectivity index is 1.44. The molecule has 0 spiro atoms. The van der Waals surface area contributed by atoms with Crippen LogP contribution in [-0.2, 0) is 14.3 Å². The third kappa shape index (κ3) is 3.65. The van der Waals surface area contributed by atoms with Crippen molar-refractivity contribution in [1.82, 2.24) is 0 Å². The van der Waals surface area contributed by atoms with E-state index in [2.05, 4.69) is 0 Å². The van der Waals surface area contributed by atoms with Gasteiger partial charge in [-0.05, 0) is 87.7 Å². The van der Waals surface area contributed by atoms with Crippen molar-refractivity contribution in [2.75, 3.05) is 0 Å². The van der Waals surface area contributed by atoms with Gasteiger partial charge in [-0.3, -0.25) is 9.59 Å². The molecule has 4 fully saturated rings. The first-order valence-corrected chi connectivity index (χ1v) is 14.0. The number of fused-ring (bicyclic) bond motifs is 5. The van der Waals surface area contributed by atoms with Crippen molar-refractivity contribution in [2.24, 2.45) is 40.4 Å². The van der Waals surface area contributed by atoms with Crippen LogP contribution < -0.4 is 0 Å². The monoisotopic (exact) mass is 520 g/mol. The third-order valence-electron chi connectivity index (χ3n) is 11.9. The molecule has 1 aliphatic heterocycles. The van der Waals surface area contributed by atoms with E-state index in [1.165, 1.54) is 0 Å². The Morgan fingerprint density at radius 1 is 1.11 bits per heavy atom. The summed E-state index contributed by atoms with van der Waals surface area (Å²) in [6.07, 6.45) is 1.21. The SMILES string of the molecule is C[C@@H]1C(=O)O[C@H](C)[C@H]1C[C@@H](O)[C@](C)(O)[C@H]1CC[C@@]2(O)C3=CC(=O)[C@@H]4C[C@H](O)[C@H](O)C[C@@]4(C)[C@H]3CC[C@]12C. The Labute approximate surface area is 219 Å². The molecule has 8 heteroatoms. The summed E-state index contributed by atoms with van der Waals surface area (Å²) in [6.45, 7) is 9.21. The molecule has 1 saturated heterocycles. The maximum Gasteiger partial charge on any atom is 0.309 e. The molecule has 208 valence electrons. The first-order chi connectivity index (χ1) is 17.1. The molecule has 0 unspecified atom stereocenters. The Morgan fingerprint density at radius 2 is 1.78 bits per heavy atom. The van der Waals surface area contributed by atoms with Gasteiger partial charge in [0.15, 0.2) is 5.78 Å². The predicted molar refractivity (Wildman–Crippen MR) is 134 cm³/mol. The maximum atomic E-state index is 13.3. The second-order valence-corrected chi connectivity index (χ2v) is 13.7. The molecule has 0 amide bonds. The number of aliphatic hydroxyl groups is 5. The molecule has 8 nitrogen and oxygen atoms in total. The summed E-state index contributed by atoms with van der Waals surface area (Å²) in [5.74, 6) is -1.88. The molecule has 13 atom stereocenters. The minimum atomic E-state index is -1.52. The van der Waals surface area contributed by atoms with Crippen LogP contribution in [0.4, 0.5) is 0 Å². The lowest BCUT2D eigenvalue weighted by molar-refractivity contribution is -0.178. The normalized spacial score (nSPS) is 51.9. The van der Waals surface area contributed by atoms with Crippen molar-refractivity contribution in [2.45, 2.75) is 115 Å². The second-order valence-electron chi connectivity index (χ2n) is 13.7. The fourth-order valence-corrected chi connectivity index (χ4v) is 9.39. The van der Waals surface area contributed by atoms with E-state index in [1.807, 2.05) is 20.8 Å². The van der Waals surface area contributed by atoms with E-state index in [9.17, 15) is 35.1 Å². The van der Waals surface area contributed by atoms with Gasteiger partial charge in [0.2, 0.25) is 0 Å². The van der Waals surface area contributed by atoms with Crippen molar-refractivity contribution in [3.05, 3.63) is 11.6 Å². The quantitative estimate of drug-likeness (QED) is 0.354. The third-order valence-corrected chi connectivity index (χ3v) is 11.9. The van der Waals surface area contributed by atoms with Gasteiger partial charge in [-0.2, -0.15) is 0 Å². The van der Waals surface area contributed by atoms with E-state index in [4.69, 9.17) is 4.74 Å². The molecular formula is C29H44O8. The van der Waals surface area contributed by atoms with Crippen LogP contribution in [0.2, 0.25) is 0 Å². The van der Waals surface area contributed by atoms with Crippen LogP contribution in [-0.4, -0.2) is 72.9 Å². The van der Waals surface area contributed by atoms with Crippen LogP contribution in [0, 0.1) is 40.4 Å². The molecule has 1 heterocycles. The number of allylic oxidation sites excluding steroid dienone is 1. The fraction of sp³-hybridized carbons (Fsp3) is 0.862. The summed E-state index contributed by atoms with van der Waals surface area (Å²) in [5.41, 5.74) is -3.47. The zero-order valence-corrected chi connectivity index (χ0v) is 22.7. The van der Waals surface area contributed by atoms with Gasteiger partial charge >= 0.3 is 5.97 Å². The van der Waals surface area contributed by atoms with E-state index in [-0.39, 0.29) is 48.5 Å². The van der Waals surface area contributed by atoms with E-state index >= 15 is 0 Å². The molecule has 0 aromatic heterocycles. The van der Waals surface area contributed by atoms with Crippen molar-refractivity contribution in [1.29, 1.82) is 0 Å². The maximum absolute atomic E-state index is 13.3. The lowest BCUT2D eigenvalue weighted by atomic mass is 9.45. The average Bonchev–Trinajstić information content (AvgIpc) is 3.23. The standard InChI is InChI=1S/C29H44O8/c1-14-16(15(2)37-25(14)34)10-24(33)28(5,35)23-7-9-29(36)18-11-20(30)19-12-21(31)22(32)13-26(19,3)17(18)6-8-27(23,29)4/h11,14-17,19,21-24,31-33,35-36H,6-10,12-13H2,1-5H3/t14-,15+,16-,17-,19-,21-,22+,23-,24+,26-,27+,28+,29+/m0/s1. The smallest absolute Gasteiger partial charge is 0.309 e. The summed E-state index contributed by atoms with van der Waals surface area (Å²) < 4.78 is 5.34. The van der Waals surface area contributed by atoms with Crippen molar-refractivity contribution in [3.63, 3.8) is 0 Å². The Morgan fingerprint density at radius 3 is 2.41 bits per heavy atom. The molecular weight excluding hydrogens is 476 g/mol. The van der Waals surface area contributed by atoms with Gasteiger partial charge < -0.3 is 30.3 Å². The van der Waals surface area contributed by atoms with Crippen molar-refractivity contribution < 1.29 is 39.9 Å². The number of hydrogen-bond acceptors (Lipinski definition) is 8. The number of rotatable bonds is 4. The van der Waals surface area contributed by atoms with Gasteiger partial charge in [0.25, 0.3) is 0 Å².